The van der Waals surface area contributed by atoms with Gasteiger partial charge < -0.3 is 24.2 Å². The van der Waals surface area contributed by atoms with Gasteiger partial charge in [0.2, 0.25) is 0 Å². The number of likely N-dealkylation sites (tertiary alicyclic amines) is 1. The van der Waals surface area contributed by atoms with Crippen LogP contribution in [0.4, 0.5) is 0 Å². The number of Topliss-reactive ketones (excluding diaryl/α,β-unsaturated/α-hetero) is 1. The highest BCUT2D eigenvalue weighted by molar-refractivity contribution is 6.46. The van der Waals surface area contributed by atoms with E-state index in [1.54, 1.807) is 30.3 Å². The van der Waals surface area contributed by atoms with E-state index in [0.29, 0.717) is 22.6 Å². The van der Waals surface area contributed by atoms with Gasteiger partial charge in [-0.3, -0.25) is 9.59 Å². The maximum Gasteiger partial charge on any atom is 0.295 e. The van der Waals surface area contributed by atoms with Crippen molar-refractivity contribution in [2.75, 3.05) is 34.5 Å². The molecule has 1 heterocycles. The van der Waals surface area contributed by atoms with Crippen LogP contribution in [0.1, 0.15) is 22.7 Å². The summed E-state index contributed by atoms with van der Waals surface area (Å²) in [5.41, 5.74) is 2.06. The number of ether oxygens (including phenoxy) is 3. The molecule has 1 aliphatic rings. The molecule has 0 saturated carbocycles. The van der Waals surface area contributed by atoms with E-state index in [1.165, 1.54) is 26.2 Å². The van der Waals surface area contributed by atoms with Crippen LogP contribution in [0.25, 0.3) is 5.76 Å². The monoisotopic (exact) mass is 411 g/mol. The molecule has 0 aromatic heterocycles. The fourth-order valence-corrected chi connectivity index (χ4v) is 3.53. The van der Waals surface area contributed by atoms with Gasteiger partial charge in [-0.2, -0.15) is 0 Å². The molecule has 1 N–H and O–H groups in total. The van der Waals surface area contributed by atoms with E-state index in [2.05, 4.69) is 0 Å². The number of ketones is 1. The van der Waals surface area contributed by atoms with Gasteiger partial charge in [-0.05, 0) is 19.1 Å². The van der Waals surface area contributed by atoms with Gasteiger partial charge in [0.15, 0.2) is 0 Å². The van der Waals surface area contributed by atoms with Crippen molar-refractivity contribution in [1.29, 1.82) is 0 Å². The Bertz CT molecular complexity index is 980. The van der Waals surface area contributed by atoms with Crippen LogP contribution in [0, 0.1) is 6.92 Å². The molecule has 2 aromatic rings. The summed E-state index contributed by atoms with van der Waals surface area (Å²) in [6.45, 7) is 2.36. The quantitative estimate of drug-likeness (QED) is 0.428. The predicted octanol–water partition coefficient (Wildman–Crippen LogP) is 3.08. The highest BCUT2D eigenvalue weighted by Crippen LogP contribution is 2.43. The van der Waals surface area contributed by atoms with E-state index in [4.69, 9.17) is 14.2 Å². The summed E-state index contributed by atoms with van der Waals surface area (Å²) in [6, 6.07) is 11.4. The molecule has 3 rings (SSSR count). The number of methoxy groups -OCH3 is 3. The third-order valence-electron chi connectivity index (χ3n) is 5.14. The summed E-state index contributed by atoms with van der Waals surface area (Å²) in [5, 5.41) is 11.0. The Kier molecular flexibility index (Phi) is 6.42. The van der Waals surface area contributed by atoms with Crippen molar-refractivity contribution in [3.8, 4) is 11.5 Å². The van der Waals surface area contributed by atoms with Crippen LogP contribution in [0.15, 0.2) is 48.0 Å². The van der Waals surface area contributed by atoms with Crippen LogP contribution in [0.5, 0.6) is 11.5 Å². The summed E-state index contributed by atoms with van der Waals surface area (Å²) in [6.07, 6.45) is 0. The number of benzene rings is 2. The second-order valence-corrected chi connectivity index (χ2v) is 6.96. The molecular weight excluding hydrogens is 386 g/mol. The third kappa shape index (κ3) is 3.89. The maximum atomic E-state index is 13.0. The summed E-state index contributed by atoms with van der Waals surface area (Å²) >= 11 is 0. The number of nitrogens with zero attached hydrogens (tertiary/aromatic N) is 1. The van der Waals surface area contributed by atoms with Gasteiger partial charge in [-0.1, -0.05) is 29.8 Å². The van der Waals surface area contributed by atoms with E-state index in [-0.39, 0.29) is 24.5 Å². The lowest BCUT2D eigenvalue weighted by molar-refractivity contribution is -0.140. The molecule has 7 nitrogen and oxygen atoms in total. The number of carbonyl (C=O) groups excluding carboxylic acids is 2. The molecule has 0 radical (unpaired) electrons. The molecular formula is C23H25NO6. The highest BCUT2D eigenvalue weighted by atomic mass is 16.5. The number of hydrogen-bond donors (Lipinski definition) is 1. The molecule has 2 aromatic carbocycles. The van der Waals surface area contributed by atoms with Gasteiger partial charge in [0, 0.05) is 30.8 Å². The lowest BCUT2D eigenvalue weighted by Crippen LogP contribution is -2.32. The molecule has 1 atom stereocenters. The van der Waals surface area contributed by atoms with Crippen molar-refractivity contribution >= 4 is 17.4 Å². The van der Waals surface area contributed by atoms with Crippen LogP contribution < -0.4 is 9.47 Å². The predicted molar refractivity (Wildman–Crippen MR) is 112 cm³/mol. The zero-order valence-corrected chi connectivity index (χ0v) is 17.5. The summed E-state index contributed by atoms with van der Waals surface area (Å²) in [5.74, 6) is -0.645. The lowest BCUT2D eigenvalue weighted by atomic mass is 9.94. The van der Waals surface area contributed by atoms with Crippen LogP contribution in [-0.4, -0.2) is 56.2 Å². The molecule has 1 unspecified atom stereocenters. The van der Waals surface area contributed by atoms with Gasteiger partial charge in [-0.25, -0.2) is 0 Å². The van der Waals surface area contributed by atoms with Crippen LogP contribution in [0.3, 0.4) is 0 Å². The van der Waals surface area contributed by atoms with Crippen LogP contribution >= 0.6 is 0 Å². The van der Waals surface area contributed by atoms with Crippen molar-refractivity contribution in [1.82, 2.24) is 4.90 Å². The maximum absolute atomic E-state index is 13.0. The first kappa shape index (κ1) is 21.4. The van der Waals surface area contributed by atoms with E-state index in [9.17, 15) is 14.7 Å². The number of hydrogen-bond acceptors (Lipinski definition) is 6. The van der Waals surface area contributed by atoms with E-state index >= 15 is 0 Å². The number of rotatable bonds is 7. The summed E-state index contributed by atoms with van der Waals surface area (Å²) in [7, 11) is 4.56. The first-order valence-electron chi connectivity index (χ1n) is 9.49. The molecule has 1 saturated heterocycles. The fourth-order valence-electron chi connectivity index (χ4n) is 3.53. The molecule has 0 aliphatic carbocycles. The Balaban J connectivity index is 2.21. The summed E-state index contributed by atoms with van der Waals surface area (Å²) in [4.78, 5) is 27.2. The Hall–Kier alpha value is -3.32. The van der Waals surface area contributed by atoms with Gasteiger partial charge in [0.05, 0.1) is 32.4 Å². The average Bonchev–Trinajstić information content (AvgIpc) is 3.01. The number of aryl methyl sites for hydroxylation is 1. The second kappa shape index (κ2) is 9.00. The van der Waals surface area contributed by atoms with Crippen molar-refractivity contribution in [2.45, 2.75) is 13.0 Å². The van der Waals surface area contributed by atoms with Gasteiger partial charge >= 0.3 is 0 Å². The molecule has 7 heteroatoms. The van der Waals surface area contributed by atoms with Crippen molar-refractivity contribution in [3.63, 3.8) is 0 Å². The van der Waals surface area contributed by atoms with Gasteiger partial charge in [0.25, 0.3) is 11.7 Å². The number of carbonyl (C=O) groups is 2. The number of aliphatic hydroxyl groups excluding tert-OH is 1. The largest absolute Gasteiger partial charge is 0.507 e. The molecule has 1 fully saturated rings. The number of amides is 1. The van der Waals surface area contributed by atoms with E-state index in [1.807, 2.05) is 19.1 Å². The molecule has 30 heavy (non-hydrogen) atoms. The van der Waals surface area contributed by atoms with Gasteiger partial charge in [-0.15, -0.1) is 0 Å². The first-order chi connectivity index (χ1) is 14.4. The van der Waals surface area contributed by atoms with Crippen LogP contribution in [0.2, 0.25) is 0 Å². The van der Waals surface area contributed by atoms with Crippen LogP contribution in [-0.2, 0) is 14.3 Å². The minimum atomic E-state index is -0.817. The Morgan fingerprint density at radius 1 is 1.03 bits per heavy atom. The SMILES string of the molecule is COCCN1C(=O)C(=O)/C(=C(\O)c2ccc(C)cc2)C1c1ccc(OC)cc1OC. The standard InChI is InChI=1S/C23H25NO6/c1-14-5-7-15(8-6-14)21(25)19-20(24(11-12-28-2)23(27)22(19)26)17-10-9-16(29-3)13-18(17)30-4/h5-10,13,20,25H,11-12H2,1-4H3/b21-19-. The van der Waals surface area contributed by atoms with E-state index in [0.717, 1.165) is 5.56 Å². The average molecular weight is 411 g/mol. The van der Waals surface area contributed by atoms with Crippen molar-refractivity contribution < 1.29 is 28.9 Å². The molecule has 158 valence electrons. The minimum Gasteiger partial charge on any atom is -0.507 e. The zero-order chi connectivity index (χ0) is 21.8. The lowest BCUT2D eigenvalue weighted by Gasteiger charge is -2.26. The fraction of sp³-hybridized carbons (Fsp3) is 0.304. The highest BCUT2D eigenvalue weighted by Gasteiger charge is 2.46. The molecule has 1 amide bonds. The molecule has 1 aliphatic heterocycles. The smallest absolute Gasteiger partial charge is 0.295 e. The van der Waals surface area contributed by atoms with E-state index < -0.39 is 17.7 Å². The summed E-state index contributed by atoms with van der Waals surface area (Å²) < 4.78 is 15.9. The van der Waals surface area contributed by atoms with Gasteiger partial charge in [0.1, 0.15) is 17.3 Å². The minimum absolute atomic E-state index is 0.0171. The van der Waals surface area contributed by atoms with Crippen molar-refractivity contribution in [2.24, 2.45) is 0 Å². The van der Waals surface area contributed by atoms with Crippen molar-refractivity contribution in [3.05, 3.63) is 64.7 Å². The Morgan fingerprint density at radius 3 is 2.33 bits per heavy atom. The molecule has 0 spiro atoms. The first-order valence-corrected chi connectivity index (χ1v) is 9.49. The Labute approximate surface area is 175 Å². The third-order valence-corrected chi connectivity index (χ3v) is 5.14. The zero-order valence-electron chi connectivity index (χ0n) is 17.5. The normalized spacial score (nSPS) is 18.0. The molecule has 0 bridgehead atoms. The topological polar surface area (TPSA) is 85.3 Å². The Morgan fingerprint density at radius 2 is 1.73 bits per heavy atom. The number of aliphatic hydroxyl groups is 1. The second-order valence-electron chi connectivity index (χ2n) is 6.96.